The molecule has 3 aromatic rings. The van der Waals surface area contributed by atoms with Crippen molar-refractivity contribution in [1.29, 1.82) is 0 Å². The van der Waals surface area contributed by atoms with Gasteiger partial charge in [0.25, 0.3) is 0 Å². The molecule has 0 spiro atoms. The van der Waals surface area contributed by atoms with Crippen LogP contribution < -0.4 is 4.74 Å². The van der Waals surface area contributed by atoms with Crippen molar-refractivity contribution in [2.24, 2.45) is 17.3 Å². The zero-order chi connectivity index (χ0) is 18.8. The second kappa shape index (κ2) is 7.29. The first-order valence-electron chi connectivity index (χ1n) is 7.99. The average molecular weight is 416 g/mol. The minimum Gasteiger partial charge on any atom is -0.493 e. The van der Waals surface area contributed by atoms with Crippen molar-refractivity contribution in [1.82, 2.24) is 4.57 Å². The van der Waals surface area contributed by atoms with Crippen LogP contribution in [-0.2, 0) is 11.8 Å². The summed E-state index contributed by atoms with van der Waals surface area (Å²) in [5, 5.41) is 18.7. The Morgan fingerprint density at radius 2 is 2.00 bits per heavy atom. The van der Waals surface area contributed by atoms with E-state index in [0.717, 1.165) is 21.1 Å². The average Bonchev–Trinajstić information content (AvgIpc) is 2.83. The molecule has 0 aliphatic carbocycles. The van der Waals surface area contributed by atoms with Gasteiger partial charge in [-0.25, -0.2) is 0 Å². The van der Waals surface area contributed by atoms with Gasteiger partial charge in [0.2, 0.25) is 5.88 Å². The first-order valence-corrected chi connectivity index (χ1v) is 8.78. The third-order valence-corrected chi connectivity index (χ3v) is 4.64. The second-order valence-electron chi connectivity index (χ2n) is 6.02. The second-order valence-corrected chi connectivity index (χ2v) is 6.88. The maximum atomic E-state index is 12.0. The van der Waals surface area contributed by atoms with Crippen molar-refractivity contribution >= 4 is 38.4 Å². The summed E-state index contributed by atoms with van der Waals surface area (Å²) in [6.07, 6.45) is 0. The topological polar surface area (TPSA) is 76.2 Å². The zero-order valence-electron chi connectivity index (χ0n) is 14.7. The number of rotatable bonds is 4. The Morgan fingerprint density at radius 1 is 1.27 bits per heavy atom. The molecule has 2 aromatic carbocycles. The fourth-order valence-electron chi connectivity index (χ4n) is 2.73. The van der Waals surface area contributed by atoms with Crippen LogP contribution in [0.2, 0.25) is 0 Å². The van der Waals surface area contributed by atoms with Crippen LogP contribution in [0.15, 0.2) is 51.1 Å². The minimum absolute atomic E-state index is 0.0531. The van der Waals surface area contributed by atoms with E-state index < -0.39 is 5.91 Å². The van der Waals surface area contributed by atoms with Gasteiger partial charge in [-0.3, -0.25) is 4.79 Å². The lowest BCUT2D eigenvalue weighted by molar-refractivity contribution is -0.120. The highest BCUT2D eigenvalue weighted by atomic mass is 79.9. The number of nitrogens with zero attached hydrogens (tertiary/aromatic N) is 3. The van der Waals surface area contributed by atoms with E-state index in [1.165, 1.54) is 0 Å². The number of ether oxygens (including phenoxy) is 1. The number of aromatic nitrogens is 1. The molecular formula is C19H18BrN3O3. The summed E-state index contributed by atoms with van der Waals surface area (Å²) in [5.41, 5.74) is 2.98. The third kappa shape index (κ3) is 3.48. The normalized spacial score (nSPS) is 11.4. The molecule has 1 amide bonds. The molecule has 134 valence electrons. The van der Waals surface area contributed by atoms with Gasteiger partial charge in [-0.2, -0.15) is 0 Å². The Kier molecular flexibility index (Phi) is 5.08. The van der Waals surface area contributed by atoms with E-state index in [2.05, 4.69) is 26.2 Å². The van der Waals surface area contributed by atoms with Crippen molar-refractivity contribution in [2.75, 3.05) is 6.61 Å². The first kappa shape index (κ1) is 18.1. The quantitative estimate of drug-likeness (QED) is 0.612. The highest BCUT2D eigenvalue weighted by Crippen LogP contribution is 2.41. The van der Waals surface area contributed by atoms with Crippen LogP contribution in [0.1, 0.15) is 11.1 Å². The summed E-state index contributed by atoms with van der Waals surface area (Å²) in [5.74, 6) is 0.0441. The van der Waals surface area contributed by atoms with Gasteiger partial charge in [-0.05, 0) is 59.1 Å². The summed E-state index contributed by atoms with van der Waals surface area (Å²) >= 11 is 3.49. The van der Waals surface area contributed by atoms with Crippen molar-refractivity contribution in [3.05, 3.63) is 52.0 Å². The minimum atomic E-state index is -0.531. The summed E-state index contributed by atoms with van der Waals surface area (Å²) in [4.78, 5) is 12.0. The number of hydrogen-bond acceptors (Lipinski definition) is 4. The Balaban J connectivity index is 1.83. The number of halogens is 1. The number of benzene rings is 2. The molecule has 26 heavy (non-hydrogen) atoms. The Labute approximate surface area is 159 Å². The summed E-state index contributed by atoms with van der Waals surface area (Å²) in [6, 6.07) is 11.3. The number of aromatic hydroxyl groups is 1. The number of azo groups is 1. The number of para-hydroxylation sites is 1. The molecule has 0 aliphatic rings. The Hall–Kier alpha value is -2.67. The van der Waals surface area contributed by atoms with Crippen LogP contribution >= 0.6 is 15.9 Å². The Bertz CT molecular complexity index is 1020. The van der Waals surface area contributed by atoms with E-state index >= 15 is 0 Å². The number of amides is 1. The number of hydrogen-bond donors (Lipinski definition) is 1. The Morgan fingerprint density at radius 3 is 2.73 bits per heavy atom. The molecule has 0 aliphatic heterocycles. The predicted octanol–water partition coefficient (Wildman–Crippen LogP) is 4.95. The summed E-state index contributed by atoms with van der Waals surface area (Å²) < 4.78 is 7.90. The van der Waals surface area contributed by atoms with E-state index in [9.17, 15) is 9.90 Å². The smallest absolute Gasteiger partial charge is 0.302 e. The monoisotopic (exact) mass is 415 g/mol. The number of carbonyl (C=O) groups excluding carboxylic acids is 1. The van der Waals surface area contributed by atoms with Gasteiger partial charge in [0.1, 0.15) is 5.75 Å². The highest BCUT2D eigenvalue weighted by molar-refractivity contribution is 9.10. The lowest BCUT2D eigenvalue weighted by atomic mass is 10.1. The van der Waals surface area contributed by atoms with Crippen molar-refractivity contribution in [3.8, 4) is 11.6 Å². The lowest BCUT2D eigenvalue weighted by Gasteiger charge is -2.05. The molecule has 0 fully saturated rings. The van der Waals surface area contributed by atoms with E-state index in [4.69, 9.17) is 4.74 Å². The van der Waals surface area contributed by atoms with Crippen LogP contribution in [0.3, 0.4) is 0 Å². The van der Waals surface area contributed by atoms with Crippen LogP contribution in [-0.4, -0.2) is 22.2 Å². The maximum Gasteiger partial charge on any atom is 0.302 e. The molecule has 0 radical (unpaired) electrons. The van der Waals surface area contributed by atoms with Gasteiger partial charge in [-0.15, -0.1) is 10.2 Å². The summed E-state index contributed by atoms with van der Waals surface area (Å²) in [7, 11) is 1.72. The fourth-order valence-corrected chi connectivity index (χ4v) is 3.57. The zero-order valence-corrected chi connectivity index (χ0v) is 16.2. The summed E-state index contributed by atoms with van der Waals surface area (Å²) in [6.45, 7) is 3.62. The van der Waals surface area contributed by atoms with Crippen molar-refractivity contribution < 1.29 is 14.6 Å². The molecular weight excluding hydrogens is 398 g/mol. The molecule has 0 bridgehead atoms. The molecule has 1 heterocycles. The van der Waals surface area contributed by atoms with Gasteiger partial charge < -0.3 is 14.4 Å². The molecule has 1 N–H and O–H groups in total. The molecule has 6 nitrogen and oxygen atoms in total. The third-order valence-electron chi connectivity index (χ3n) is 4.03. The van der Waals surface area contributed by atoms with Crippen LogP contribution in [0, 0.1) is 13.8 Å². The van der Waals surface area contributed by atoms with Gasteiger partial charge in [0.15, 0.2) is 12.3 Å². The largest absolute Gasteiger partial charge is 0.493 e. The fraction of sp³-hybridized carbons (Fsp3) is 0.211. The molecule has 1 aromatic heterocycles. The van der Waals surface area contributed by atoms with E-state index in [0.29, 0.717) is 11.1 Å². The van der Waals surface area contributed by atoms with Gasteiger partial charge in [0.05, 0.1) is 5.52 Å². The number of fused-ring (bicyclic) bond motifs is 1. The van der Waals surface area contributed by atoms with Gasteiger partial charge in [0, 0.05) is 16.9 Å². The van der Waals surface area contributed by atoms with Crippen molar-refractivity contribution in [3.63, 3.8) is 0 Å². The molecule has 0 saturated carbocycles. The molecule has 0 unspecified atom stereocenters. The number of carbonyl (C=O) groups is 1. The predicted molar refractivity (Wildman–Crippen MR) is 103 cm³/mol. The van der Waals surface area contributed by atoms with Crippen LogP contribution in [0.5, 0.6) is 11.6 Å². The van der Waals surface area contributed by atoms with E-state index in [1.54, 1.807) is 17.7 Å². The lowest BCUT2D eigenvalue weighted by Crippen LogP contribution is -2.08. The van der Waals surface area contributed by atoms with Crippen LogP contribution in [0.25, 0.3) is 10.9 Å². The molecule has 0 atom stereocenters. The molecule has 3 rings (SSSR count). The van der Waals surface area contributed by atoms with Gasteiger partial charge >= 0.3 is 5.91 Å². The van der Waals surface area contributed by atoms with Gasteiger partial charge in [-0.1, -0.05) is 18.2 Å². The van der Waals surface area contributed by atoms with E-state index in [-0.39, 0.29) is 18.2 Å². The van der Waals surface area contributed by atoms with E-state index in [1.807, 2.05) is 44.2 Å². The SMILES string of the molecule is Cc1cc(Br)c2c(c1)c(N=NC(=O)COc1ccccc1C)c(O)n2C. The molecule has 7 heteroatoms. The maximum absolute atomic E-state index is 12.0. The first-order chi connectivity index (χ1) is 12.4. The standard InChI is InChI=1S/C19H18BrN3O3/c1-11-8-13-17(19(25)23(3)18(13)14(20)9-11)22-21-16(24)10-26-15-7-5-4-6-12(15)2/h4-9,25H,10H2,1-3H3. The van der Waals surface area contributed by atoms with Crippen molar-refractivity contribution in [2.45, 2.75) is 13.8 Å². The number of aryl methyl sites for hydroxylation is 3. The highest BCUT2D eigenvalue weighted by Gasteiger charge is 2.17. The molecule has 0 saturated heterocycles. The van der Waals surface area contributed by atoms with Crippen LogP contribution in [0.4, 0.5) is 5.69 Å².